The molecule has 0 saturated heterocycles. The Balaban J connectivity index is 2.27. The van der Waals surface area contributed by atoms with Gasteiger partial charge >= 0.3 is 0 Å². The molecule has 1 atom stereocenters. The second-order valence-corrected chi connectivity index (χ2v) is 3.78. The standard InChI is InChI=1S/C11H16N2O/c1-8-6-12-10-4-3-9(14-2)5-11(10)13-7-8/h3-5,8,12-13H,6-7H2,1-2H3. The molecule has 0 spiro atoms. The zero-order valence-corrected chi connectivity index (χ0v) is 8.63. The second-order valence-electron chi connectivity index (χ2n) is 3.78. The normalized spacial score (nSPS) is 20.0. The van der Waals surface area contributed by atoms with Crippen molar-refractivity contribution in [2.75, 3.05) is 30.8 Å². The van der Waals surface area contributed by atoms with Crippen LogP contribution in [0.4, 0.5) is 11.4 Å². The third-order valence-corrected chi connectivity index (χ3v) is 2.51. The van der Waals surface area contributed by atoms with Crippen LogP contribution in [0.3, 0.4) is 0 Å². The third kappa shape index (κ3) is 1.76. The van der Waals surface area contributed by atoms with Crippen molar-refractivity contribution in [1.82, 2.24) is 0 Å². The molecule has 1 aromatic rings. The molecular formula is C11H16N2O. The van der Waals surface area contributed by atoms with Gasteiger partial charge in [0.15, 0.2) is 0 Å². The summed E-state index contributed by atoms with van der Waals surface area (Å²) in [6.45, 7) is 4.25. The van der Waals surface area contributed by atoms with E-state index in [1.807, 2.05) is 12.1 Å². The zero-order chi connectivity index (χ0) is 9.97. The Morgan fingerprint density at radius 2 is 1.93 bits per heavy atom. The Hall–Kier alpha value is -1.38. The van der Waals surface area contributed by atoms with Gasteiger partial charge in [0.2, 0.25) is 0 Å². The fraction of sp³-hybridized carbons (Fsp3) is 0.455. The molecule has 3 heteroatoms. The summed E-state index contributed by atoms with van der Waals surface area (Å²) in [7, 11) is 1.69. The van der Waals surface area contributed by atoms with Crippen LogP contribution >= 0.6 is 0 Å². The first-order valence-corrected chi connectivity index (χ1v) is 4.95. The van der Waals surface area contributed by atoms with Gasteiger partial charge in [-0.05, 0) is 18.1 Å². The molecule has 1 aliphatic rings. The summed E-state index contributed by atoms with van der Waals surface area (Å²) in [6.07, 6.45) is 0. The smallest absolute Gasteiger partial charge is 0.121 e. The molecule has 0 bridgehead atoms. The molecule has 1 aliphatic heterocycles. The molecule has 0 aromatic heterocycles. The maximum absolute atomic E-state index is 5.18. The maximum atomic E-state index is 5.18. The van der Waals surface area contributed by atoms with Crippen molar-refractivity contribution in [1.29, 1.82) is 0 Å². The van der Waals surface area contributed by atoms with E-state index in [4.69, 9.17) is 4.74 Å². The maximum Gasteiger partial charge on any atom is 0.121 e. The lowest BCUT2D eigenvalue weighted by molar-refractivity contribution is 0.415. The Kier molecular flexibility index (Phi) is 2.48. The van der Waals surface area contributed by atoms with Crippen molar-refractivity contribution < 1.29 is 4.74 Å². The monoisotopic (exact) mass is 192 g/mol. The molecule has 1 aromatic carbocycles. The average molecular weight is 192 g/mol. The highest BCUT2D eigenvalue weighted by atomic mass is 16.5. The van der Waals surface area contributed by atoms with E-state index in [2.05, 4.69) is 23.6 Å². The fourth-order valence-electron chi connectivity index (χ4n) is 1.59. The molecule has 1 unspecified atom stereocenters. The summed E-state index contributed by atoms with van der Waals surface area (Å²) in [5.41, 5.74) is 2.30. The first-order chi connectivity index (χ1) is 6.79. The Morgan fingerprint density at radius 3 is 2.64 bits per heavy atom. The first kappa shape index (κ1) is 9.19. The minimum Gasteiger partial charge on any atom is -0.497 e. The molecule has 0 amide bonds. The van der Waals surface area contributed by atoms with Crippen LogP contribution in [0.15, 0.2) is 18.2 Å². The molecule has 0 saturated carbocycles. The number of hydrogen-bond donors (Lipinski definition) is 2. The van der Waals surface area contributed by atoms with Crippen molar-refractivity contribution in [3.63, 3.8) is 0 Å². The molecule has 14 heavy (non-hydrogen) atoms. The van der Waals surface area contributed by atoms with Crippen LogP contribution in [0.2, 0.25) is 0 Å². The van der Waals surface area contributed by atoms with Crippen molar-refractivity contribution in [2.45, 2.75) is 6.92 Å². The number of methoxy groups -OCH3 is 1. The van der Waals surface area contributed by atoms with Gasteiger partial charge in [0.1, 0.15) is 5.75 Å². The van der Waals surface area contributed by atoms with Crippen LogP contribution in [0, 0.1) is 5.92 Å². The van der Waals surface area contributed by atoms with Gasteiger partial charge in [-0.25, -0.2) is 0 Å². The van der Waals surface area contributed by atoms with E-state index in [1.54, 1.807) is 7.11 Å². The third-order valence-electron chi connectivity index (χ3n) is 2.51. The number of rotatable bonds is 1. The highest BCUT2D eigenvalue weighted by molar-refractivity contribution is 5.71. The van der Waals surface area contributed by atoms with Gasteiger partial charge in [-0.15, -0.1) is 0 Å². The van der Waals surface area contributed by atoms with Gasteiger partial charge in [-0.3, -0.25) is 0 Å². The Labute approximate surface area is 84.5 Å². The fourth-order valence-corrected chi connectivity index (χ4v) is 1.59. The highest BCUT2D eigenvalue weighted by Gasteiger charge is 2.11. The molecule has 2 rings (SSSR count). The molecule has 2 N–H and O–H groups in total. The summed E-state index contributed by atoms with van der Waals surface area (Å²) in [4.78, 5) is 0. The van der Waals surface area contributed by atoms with E-state index < -0.39 is 0 Å². The summed E-state index contributed by atoms with van der Waals surface area (Å²) in [6, 6.07) is 6.06. The second kappa shape index (κ2) is 3.78. The van der Waals surface area contributed by atoms with Crippen LogP contribution < -0.4 is 15.4 Å². The van der Waals surface area contributed by atoms with Gasteiger partial charge in [0.05, 0.1) is 18.5 Å². The van der Waals surface area contributed by atoms with Gasteiger partial charge in [0, 0.05) is 19.2 Å². The molecule has 0 aliphatic carbocycles. The lowest BCUT2D eigenvalue weighted by Gasteiger charge is -2.09. The molecule has 1 heterocycles. The number of benzene rings is 1. The van der Waals surface area contributed by atoms with Crippen LogP contribution in [0.1, 0.15) is 6.92 Å². The molecule has 76 valence electrons. The zero-order valence-electron chi connectivity index (χ0n) is 8.63. The van der Waals surface area contributed by atoms with Crippen LogP contribution in [-0.4, -0.2) is 20.2 Å². The van der Waals surface area contributed by atoms with E-state index in [-0.39, 0.29) is 0 Å². The van der Waals surface area contributed by atoms with Crippen molar-refractivity contribution in [3.05, 3.63) is 18.2 Å². The lowest BCUT2D eigenvalue weighted by Crippen LogP contribution is -2.14. The van der Waals surface area contributed by atoms with Crippen molar-refractivity contribution in [2.24, 2.45) is 5.92 Å². The van der Waals surface area contributed by atoms with Gasteiger partial charge in [-0.2, -0.15) is 0 Å². The minimum atomic E-state index is 0.647. The first-order valence-electron chi connectivity index (χ1n) is 4.95. The SMILES string of the molecule is COc1ccc2c(c1)NCC(C)CN2. The van der Waals surface area contributed by atoms with Crippen LogP contribution in [0.5, 0.6) is 5.75 Å². The number of nitrogens with one attached hydrogen (secondary N) is 2. The van der Waals surface area contributed by atoms with Gasteiger partial charge in [0.25, 0.3) is 0 Å². The van der Waals surface area contributed by atoms with Crippen LogP contribution in [0.25, 0.3) is 0 Å². The predicted octanol–water partition coefficient (Wildman–Crippen LogP) is 2.17. The number of ether oxygens (including phenoxy) is 1. The Morgan fingerprint density at radius 1 is 1.21 bits per heavy atom. The molecule has 3 nitrogen and oxygen atoms in total. The quantitative estimate of drug-likeness (QED) is 0.715. The summed E-state index contributed by atoms with van der Waals surface area (Å²) >= 11 is 0. The number of anilines is 2. The molecular weight excluding hydrogens is 176 g/mol. The van der Waals surface area contributed by atoms with Gasteiger partial charge in [-0.1, -0.05) is 6.92 Å². The van der Waals surface area contributed by atoms with E-state index in [0.717, 1.165) is 30.2 Å². The average Bonchev–Trinajstić information content (AvgIpc) is 2.40. The minimum absolute atomic E-state index is 0.647. The summed E-state index contributed by atoms with van der Waals surface area (Å²) in [5.74, 6) is 1.54. The molecule has 0 radical (unpaired) electrons. The van der Waals surface area contributed by atoms with E-state index in [1.165, 1.54) is 0 Å². The van der Waals surface area contributed by atoms with E-state index in [0.29, 0.717) is 5.92 Å². The summed E-state index contributed by atoms with van der Waals surface area (Å²) in [5, 5.41) is 6.82. The lowest BCUT2D eigenvalue weighted by atomic mass is 10.2. The predicted molar refractivity (Wildman–Crippen MR) is 59.1 cm³/mol. The largest absolute Gasteiger partial charge is 0.497 e. The number of hydrogen-bond acceptors (Lipinski definition) is 3. The highest BCUT2D eigenvalue weighted by Crippen LogP contribution is 2.28. The van der Waals surface area contributed by atoms with E-state index in [9.17, 15) is 0 Å². The summed E-state index contributed by atoms with van der Waals surface area (Å²) < 4.78 is 5.18. The molecule has 0 fully saturated rings. The van der Waals surface area contributed by atoms with E-state index >= 15 is 0 Å². The van der Waals surface area contributed by atoms with Gasteiger partial charge < -0.3 is 15.4 Å². The number of fused-ring (bicyclic) bond motifs is 1. The van der Waals surface area contributed by atoms with Crippen LogP contribution in [-0.2, 0) is 0 Å². The van der Waals surface area contributed by atoms with Crippen molar-refractivity contribution >= 4 is 11.4 Å². The Bertz CT molecular complexity index is 325. The van der Waals surface area contributed by atoms with Crippen molar-refractivity contribution in [3.8, 4) is 5.75 Å². The topological polar surface area (TPSA) is 33.3 Å².